The maximum atomic E-state index is 12.7. The summed E-state index contributed by atoms with van der Waals surface area (Å²) in [5.74, 6) is 0. The molecular formula is C16H19ClN2O2S. The fourth-order valence-electron chi connectivity index (χ4n) is 2.17. The molecule has 0 fully saturated rings. The zero-order valence-electron chi connectivity index (χ0n) is 12.2. The van der Waals surface area contributed by atoms with E-state index in [0.717, 1.165) is 5.56 Å². The first-order valence-electron chi connectivity index (χ1n) is 7.04. The summed E-state index contributed by atoms with van der Waals surface area (Å²) < 4.78 is 26.8. The molecule has 2 aromatic carbocycles. The Hall–Kier alpha value is -1.40. The Morgan fingerprint density at radius 3 is 2.36 bits per heavy atom. The van der Waals surface area contributed by atoms with Crippen LogP contribution in [0, 0.1) is 0 Å². The van der Waals surface area contributed by atoms with Crippen molar-refractivity contribution in [2.75, 3.05) is 19.6 Å². The lowest BCUT2D eigenvalue weighted by molar-refractivity contribution is 0.421. The molecule has 0 heterocycles. The number of benzene rings is 2. The second-order valence-corrected chi connectivity index (χ2v) is 7.26. The van der Waals surface area contributed by atoms with Crippen molar-refractivity contribution in [3.8, 4) is 0 Å². The van der Waals surface area contributed by atoms with Crippen LogP contribution in [0.25, 0.3) is 0 Å². The minimum atomic E-state index is -3.59. The van der Waals surface area contributed by atoms with E-state index < -0.39 is 10.0 Å². The molecule has 0 bridgehead atoms. The molecule has 2 aromatic rings. The summed E-state index contributed by atoms with van der Waals surface area (Å²) in [6.45, 7) is 0.937. The molecule has 0 atom stereocenters. The summed E-state index contributed by atoms with van der Waals surface area (Å²) in [6.07, 6.45) is 0.640. The summed E-state index contributed by atoms with van der Waals surface area (Å²) >= 11 is 5.90. The van der Waals surface area contributed by atoms with Gasteiger partial charge in [0, 0.05) is 24.7 Å². The van der Waals surface area contributed by atoms with Gasteiger partial charge in [0.15, 0.2) is 0 Å². The number of sulfonamides is 1. The van der Waals surface area contributed by atoms with Gasteiger partial charge in [0.1, 0.15) is 0 Å². The molecule has 0 saturated heterocycles. The molecule has 22 heavy (non-hydrogen) atoms. The number of hydrogen-bond acceptors (Lipinski definition) is 3. The van der Waals surface area contributed by atoms with Crippen LogP contribution in [0.5, 0.6) is 0 Å². The fraction of sp³-hybridized carbons (Fsp3) is 0.250. The summed E-state index contributed by atoms with van der Waals surface area (Å²) in [6, 6.07) is 16.1. The molecule has 0 aliphatic carbocycles. The highest BCUT2D eigenvalue weighted by atomic mass is 35.5. The topological polar surface area (TPSA) is 63.4 Å². The highest BCUT2D eigenvalue weighted by Gasteiger charge is 2.23. The van der Waals surface area contributed by atoms with Gasteiger partial charge in [-0.1, -0.05) is 48.0 Å². The lowest BCUT2D eigenvalue weighted by Crippen LogP contribution is -2.36. The molecule has 0 saturated carbocycles. The third-order valence-electron chi connectivity index (χ3n) is 3.31. The molecule has 0 spiro atoms. The van der Waals surface area contributed by atoms with Gasteiger partial charge in [0.05, 0.1) is 4.90 Å². The predicted molar refractivity (Wildman–Crippen MR) is 89.4 cm³/mol. The highest BCUT2D eigenvalue weighted by molar-refractivity contribution is 7.89. The van der Waals surface area contributed by atoms with E-state index in [4.69, 9.17) is 17.3 Å². The van der Waals surface area contributed by atoms with E-state index >= 15 is 0 Å². The Balaban J connectivity index is 2.19. The monoisotopic (exact) mass is 338 g/mol. The quantitative estimate of drug-likeness (QED) is 0.843. The van der Waals surface area contributed by atoms with Gasteiger partial charge in [-0.2, -0.15) is 4.31 Å². The lowest BCUT2D eigenvalue weighted by Gasteiger charge is -2.21. The van der Waals surface area contributed by atoms with Crippen molar-refractivity contribution in [2.24, 2.45) is 5.73 Å². The van der Waals surface area contributed by atoms with E-state index in [9.17, 15) is 8.42 Å². The van der Waals surface area contributed by atoms with Crippen molar-refractivity contribution in [1.29, 1.82) is 0 Å². The van der Waals surface area contributed by atoms with E-state index in [0.29, 0.717) is 18.0 Å². The summed E-state index contributed by atoms with van der Waals surface area (Å²) in [7, 11) is -3.59. The smallest absolute Gasteiger partial charge is 0.243 e. The third-order valence-corrected chi connectivity index (χ3v) is 5.43. The number of nitrogens with zero attached hydrogens (tertiary/aromatic N) is 1. The Labute approximate surface area is 136 Å². The van der Waals surface area contributed by atoms with E-state index in [2.05, 4.69) is 0 Å². The van der Waals surface area contributed by atoms with Crippen molar-refractivity contribution in [3.63, 3.8) is 0 Å². The van der Waals surface area contributed by atoms with Crippen LogP contribution in [-0.2, 0) is 16.4 Å². The average molecular weight is 339 g/mol. The largest absolute Gasteiger partial charge is 0.329 e. The van der Waals surface area contributed by atoms with E-state index in [1.807, 2.05) is 30.3 Å². The van der Waals surface area contributed by atoms with Crippen LogP contribution in [0.1, 0.15) is 5.56 Å². The third kappa shape index (κ3) is 4.30. The van der Waals surface area contributed by atoms with Crippen LogP contribution in [0.3, 0.4) is 0 Å². The van der Waals surface area contributed by atoms with Gasteiger partial charge in [-0.15, -0.1) is 0 Å². The SMILES string of the molecule is NCCN(CCc1ccccc1)S(=O)(=O)c1cccc(Cl)c1. The van der Waals surface area contributed by atoms with Gasteiger partial charge >= 0.3 is 0 Å². The van der Waals surface area contributed by atoms with Gasteiger partial charge in [-0.25, -0.2) is 8.42 Å². The van der Waals surface area contributed by atoms with Crippen molar-refractivity contribution in [3.05, 3.63) is 65.2 Å². The average Bonchev–Trinajstić information content (AvgIpc) is 2.52. The number of hydrogen-bond donors (Lipinski definition) is 1. The molecular weight excluding hydrogens is 320 g/mol. The molecule has 0 aliphatic heterocycles. The van der Waals surface area contributed by atoms with Crippen LogP contribution in [-0.4, -0.2) is 32.4 Å². The molecule has 0 amide bonds. The van der Waals surface area contributed by atoms with Crippen LogP contribution in [0.4, 0.5) is 0 Å². The van der Waals surface area contributed by atoms with Crippen molar-refractivity contribution in [2.45, 2.75) is 11.3 Å². The van der Waals surface area contributed by atoms with E-state index in [1.54, 1.807) is 18.2 Å². The van der Waals surface area contributed by atoms with Crippen LogP contribution in [0.15, 0.2) is 59.5 Å². The Bertz CT molecular complexity index is 705. The number of rotatable bonds is 7. The number of halogens is 1. The molecule has 0 radical (unpaired) electrons. The van der Waals surface area contributed by atoms with Crippen LogP contribution in [0.2, 0.25) is 5.02 Å². The maximum Gasteiger partial charge on any atom is 0.243 e. The van der Waals surface area contributed by atoms with E-state index in [1.165, 1.54) is 10.4 Å². The molecule has 118 valence electrons. The maximum absolute atomic E-state index is 12.7. The normalized spacial score (nSPS) is 11.8. The zero-order valence-corrected chi connectivity index (χ0v) is 13.7. The molecule has 0 unspecified atom stereocenters. The van der Waals surface area contributed by atoms with E-state index in [-0.39, 0.29) is 18.0 Å². The number of nitrogens with two attached hydrogens (primary N) is 1. The predicted octanol–water partition coefficient (Wildman–Crippen LogP) is 2.53. The highest BCUT2D eigenvalue weighted by Crippen LogP contribution is 2.19. The van der Waals surface area contributed by atoms with Crippen molar-refractivity contribution < 1.29 is 8.42 Å². The van der Waals surface area contributed by atoms with Gasteiger partial charge < -0.3 is 5.73 Å². The molecule has 0 aliphatic rings. The van der Waals surface area contributed by atoms with Crippen LogP contribution >= 0.6 is 11.6 Å². The molecule has 2 N–H and O–H groups in total. The zero-order chi connectivity index (χ0) is 16.0. The lowest BCUT2D eigenvalue weighted by atomic mass is 10.1. The first-order valence-corrected chi connectivity index (χ1v) is 8.85. The molecule has 4 nitrogen and oxygen atoms in total. The minimum absolute atomic E-state index is 0.196. The van der Waals surface area contributed by atoms with Gasteiger partial charge in [-0.05, 0) is 30.2 Å². The standard InChI is InChI=1S/C16H19ClN2O2S/c17-15-7-4-8-16(13-15)22(20,21)19(12-10-18)11-9-14-5-2-1-3-6-14/h1-8,13H,9-12,18H2. The van der Waals surface area contributed by atoms with Gasteiger partial charge in [0.2, 0.25) is 10.0 Å². The molecule has 0 aromatic heterocycles. The second-order valence-electron chi connectivity index (χ2n) is 4.89. The molecule has 2 rings (SSSR count). The van der Waals surface area contributed by atoms with Gasteiger partial charge in [-0.3, -0.25) is 0 Å². The minimum Gasteiger partial charge on any atom is -0.329 e. The van der Waals surface area contributed by atoms with Crippen molar-refractivity contribution in [1.82, 2.24) is 4.31 Å². The summed E-state index contributed by atoms with van der Waals surface area (Å²) in [4.78, 5) is 0.196. The first kappa shape index (κ1) is 17.0. The summed E-state index contributed by atoms with van der Waals surface area (Å²) in [5, 5.41) is 0.400. The van der Waals surface area contributed by atoms with Crippen molar-refractivity contribution >= 4 is 21.6 Å². The Morgan fingerprint density at radius 2 is 1.73 bits per heavy atom. The molecule has 6 heteroatoms. The second kappa shape index (κ2) is 7.74. The Kier molecular flexibility index (Phi) is 5.97. The van der Waals surface area contributed by atoms with Crippen LogP contribution < -0.4 is 5.73 Å². The first-order chi connectivity index (χ1) is 10.5. The van der Waals surface area contributed by atoms with Gasteiger partial charge in [0.25, 0.3) is 0 Å². The Morgan fingerprint density at radius 1 is 1.00 bits per heavy atom. The fourth-order valence-corrected chi connectivity index (χ4v) is 3.93. The summed E-state index contributed by atoms with van der Waals surface area (Å²) in [5.41, 5.74) is 6.66.